The van der Waals surface area contributed by atoms with Gasteiger partial charge in [-0.1, -0.05) is 0 Å². The minimum Gasteiger partial charge on any atom is -0.397 e. The van der Waals surface area contributed by atoms with E-state index in [2.05, 4.69) is 26.2 Å². The summed E-state index contributed by atoms with van der Waals surface area (Å²) in [5.41, 5.74) is 7.32. The number of hydrogen-bond donors (Lipinski definition) is 2. The SMILES string of the molecule is Cc1c(N)cnc(NCC(=O)N2CCCC2)c1Br. The molecule has 1 saturated heterocycles. The zero-order valence-electron chi connectivity index (χ0n) is 10.4. The van der Waals surface area contributed by atoms with Gasteiger partial charge in [-0.3, -0.25) is 4.79 Å². The maximum absolute atomic E-state index is 11.9. The molecule has 1 amide bonds. The molecule has 1 aliphatic rings. The Bertz CT molecular complexity index is 458. The number of nitrogen functional groups attached to an aromatic ring is 1. The largest absolute Gasteiger partial charge is 0.397 e. The highest BCUT2D eigenvalue weighted by atomic mass is 79.9. The average Bonchev–Trinajstić information content (AvgIpc) is 2.89. The van der Waals surface area contributed by atoms with E-state index >= 15 is 0 Å². The van der Waals surface area contributed by atoms with Gasteiger partial charge >= 0.3 is 0 Å². The molecule has 3 N–H and O–H groups in total. The van der Waals surface area contributed by atoms with Crippen LogP contribution in [0.15, 0.2) is 10.7 Å². The Balaban J connectivity index is 1.98. The highest BCUT2D eigenvalue weighted by Gasteiger charge is 2.18. The molecular weight excluding hydrogens is 296 g/mol. The molecule has 1 fully saturated rings. The van der Waals surface area contributed by atoms with Crippen LogP contribution in [0.25, 0.3) is 0 Å². The molecule has 0 spiro atoms. The average molecular weight is 313 g/mol. The summed E-state index contributed by atoms with van der Waals surface area (Å²) < 4.78 is 0.816. The normalized spacial score (nSPS) is 14.9. The molecule has 1 aromatic heterocycles. The van der Waals surface area contributed by atoms with Crippen molar-refractivity contribution in [3.05, 3.63) is 16.2 Å². The second-order valence-electron chi connectivity index (χ2n) is 4.44. The molecule has 0 aliphatic carbocycles. The summed E-state index contributed by atoms with van der Waals surface area (Å²) in [4.78, 5) is 17.9. The molecule has 98 valence electrons. The number of rotatable bonds is 3. The first kappa shape index (κ1) is 13.1. The molecule has 0 bridgehead atoms. The van der Waals surface area contributed by atoms with E-state index in [-0.39, 0.29) is 12.5 Å². The number of hydrogen-bond acceptors (Lipinski definition) is 4. The molecule has 1 aliphatic heterocycles. The molecule has 6 heteroatoms. The maximum atomic E-state index is 11.9. The molecule has 5 nitrogen and oxygen atoms in total. The van der Waals surface area contributed by atoms with Crippen molar-refractivity contribution in [3.8, 4) is 0 Å². The van der Waals surface area contributed by atoms with Crippen LogP contribution in [0.4, 0.5) is 11.5 Å². The maximum Gasteiger partial charge on any atom is 0.241 e. The fourth-order valence-electron chi connectivity index (χ4n) is 1.95. The lowest BCUT2D eigenvalue weighted by Crippen LogP contribution is -2.33. The topological polar surface area (TPSA) is 71.2 Å². The zero-order chi connectivity index (χ0) is 13.1. The molecule has 0 saturated carbocycles. The molecule has 0 radical (unpaired) electrons. The Hall–Kier alpha value is -1.30. The number of amides is 1. The van der Waals surface area contributed by atoms with Crippen LogP contribution in [-0.4, -0.2) is 35.4 Å². The Morgan fingerprint density at radius 2 is 2.22 bits per heavy atom. The number of nitrogens with two attached hydrogens (primary N) is 1. The van der Waals surface area contributed by atoms with Gasteiger partial charge in [0.25, 0.3) is 0 Å². The van der Waals surface area contributed by atoms with Crippen LogP contribution in [0.2, 0.25) is 0 Å². The fraction of sp³-hybridized carbons (Fsp3) is 0.500. The Labute approximate surface area is 115 Å². The smallest absolute Gasteiger partial charge is 0.241 e. The summed E-state index contributed by atoms with van der Waals surface area (Å²) >= 11 is 3.43. The quantitative estimate of drug-likeness (QED) is 0.892. The van der Waals surface area contributed by atoms with Crippen molar-refractivity contribution in [1.82, 2.24) is 9.88 Å². The molecule has 18 heavy (non-hydrogen) atoms. The van der Waals surface area contributed by atoms with Crippen LogP contribution >= 0.6 is 15.9 Å². The molecule has 2 rings (SSSR count). The van der Waals surface area contributed by atoms with Gasteiger partial charge in [0.2, 0.25) is 5.91 Å². The van der Waals surface area contributed by atoms with Crippen LogP contribution in [-0.2, 0) is 4.79 Å². The van der Waals surface area contributed by atoms with Crippen molar-refractivity contribution < 1.29 is 4.79 Å². The van der Waals surface area contributed by atoms with E-state index < -0.39 is 0 Å². The van der Waals surface area contributed by atoms with Crippen LogP contribution < -0.4 is 11.1 Å². The van der Waals surface area contributed by atoms with Crippen molar-refractivity contribution in [1.29, 1.82) is 0 Å². The Morgan fingerprint density at radius 3 is 2.89 bits per heavy atom. The minimum absolute atomic E-state index is 0.121. The van der Waals surface area contributed by atoms with Gasteiger partial charge in [-0.25, -0.2) is 4.98 Å². The lowest BCUT2D eigenvalue weighted by atomic mass is 10.2. The third kappa shape index (κ3) is 2.75. The van der Waals surface area contributed by atoms with Gasteiger partial charge in [0.15, 0.2) is 0 Å². The molecule has 0 atom stereocenters. The number of carbonyl (C=O) groups is 1. The molecular formula is C12H17BrN4O. The Kier molecular flexibility index (Phi) is 4.06. The third-order valence-electron chi connectivity index (χ3n) is 3.17. The van der Waals surface area contributed by atoms with E-state index in [9.17, 15) is 4.79 Å². The van der Waals surface area contributed by atoms with E-state index in [0.29, 0.717) is 11.5 Å². The number of nitrogens with zero attached hydrogens (tertiary/aromatic N) is 2. The predicted molar refractivity (Wildman–Crippen MR) is 75.4 cm³/mol. The lowest BCUT2D eigenvalue weighted by Gasteiger charge is -2.16. The van der Waals surface area contributed by atoms with Gasteiger partial charge in [-0.2, -0.15) is 0 Å². The summed E-state index contributed by atoms with van der Waals surface area (Å²) in [5.74, 6) is 0.782. The van der Waals surface area contributed by atoms with E-state index in [1.54, 1.807) is 6.20 Å². The summed E-state index contributed by atoms with van der Waals surface area (Å²) in [6.45, 7) is 3.93. The lowest BCUT2D eigenvalue weighted by molar-refractivity contribution is -0.128. The van der Waals surface area contributed by atoms with Crippen molar-refractivity contribution in [2.24, 2.45) is 0 Å². The summed E-state index contributed by atoms with van der Waals surface area (Å²) in [5, 5.41) is 3.05. The second-order valence-corrected chi connectivity index (χ2v) is 5.24. The summed E-state index contributed by atoms with van der Waals surface area (Å²) in [7, 11) is 0. The summed E-state index contributed by atoms with van der Waals surface area (Å²) in [6.07, 6.45) is 3.81. The van der Waals surface area contributed by atoms with Gasteiger partial charge < -0.3 is 16.0 Å². The molecule has 1 aromatic rings. The number of pyridine rings is 1. The summed E-state index contributed by atoms with van der Waals surface area (Å²) in [6, 6.07) is 0. The molecule has 0 aromatic carbocycles. The number of carbonyl (C=O) groups excluding carboxylic acids is 1. The number of halogens is 1. The highest BCUT2D eigenvalue weighted by molar-refractivity contribution is 9.10. The monoisotopic (exact) mass is 312 g/mol. The van der Waals surface area contributed by atoms with Gasteiger partial charge in [0.1, 0.15) is 5.82 Å². The van der Waals surface area contributed by atoms with Crippen LogP contribution in [0.5, 0.6) is 0 Å². The van der Waals surface area contributed by atoms with Crippen LogP contribution in [0.1, 0.15) is 18.4 Å². The van der Waals surface area contributed by atoms with Gasteiger partial charge in [0.05, 0.1) is 22.9 Å². The van der Waals surface area contributed by atoms with Crippen molar-refractivity contribution in [2.45, 2.75) is 19.8 Å². The van der Waals surface area contributed by atoms with Crippen LogP contribution in [0.3, 0.4) is 0 Å². The standard InChI is InChI=1S/C12H17BrN4O/c1-8-9(14)6-15-12(11(8)13)16-7-10(18)17-4-2-3-5-17/h6H,2-5,7,14H2,1H3,(H,15,16). The first-order valence-electron chi connectivity index (χ1n) is 6.02. The number of nitrogens with one attached hydrogen (secondary N) is 1. The second kappa shape index (κ2) is 5.56. The minimum atomic E-state index is 0.121. The van der Waals surface area contributed by atoms with Crippen LogP contribution in [0, 0.1) is 6.92 Å². The van der Waals surface area contributed by atoms with E-state index in [1.807, 2.05) is 11.8 Å². The fourth-order valence-corrected chi connectivity index (χ4v) is 2.42. The van der Waals surface area contributed by atoms with Gasteiger partial charge in [-0.15, -0.1) is 0 Å². The first-order chi connectivity index (χ1) is 8.59. The van der Waals surface area contributed by atoms with E-state index in [1.165, 1.54) is 0 Å². The van der Waals surface area contributed by atoms with Crippen molar-refractivity contribution in [3.63, 3.8) is 0 Å². The molecule has 2 heterocycles. The van der Waals surface area contributed by atoms with Gasteiger partial charge in [0, 0.05) is 13.1 Å². The van der Waals surface area contributed by atoms with Crippen molar-refractivity contribution >= 4 is 33.3 Å². The number of aromatic nitrogens is 1. The number of likely N-dealkylation sites (tertiary alicyclic amines) is 1. The van der Waals surface area contributed by atoms with Gasteiger partial charge in [-0.05, 0) is 41.3 Å². The third-order valence-corrected chi connectivity index (χ3v) is 4.14. The van der Waals surface area contributed by atoms with Crippen molar-refractivity contribution in [2.75, 3.05) is 30.7 Å². The predicted octanol–water partition coefficient (Wildman–Crippen LogP) is 1.77. The number of anilines is 2. The van der Waals surface area contributed by atoms with E-state index in [4.69, 9.17) is 5.73 Å². The highest BCUT2D eigenvalue weighted by Crippen LogP contribution is 2.27. The van der Waals surface area contributed by atoms with E-state index in [0.717, 1.165) is 36.0 Å². The molecule has 0 unspecified atom stereocenters. The Morgan fingerprint density at radius 1 is 1.56 bits per heavy atom. The zero-order valence-corrected chi connectivity index (χ0v) is 12.0. The first-order valence-corrected chi connectivity index (χ1v) is 6.81.